The molecule has 0 bridgehead atoms. The van der Waals surface area contributed by atoms with Crippen LogP contribution in [0.1, 0.15) is 28.1 Å². The van der Waals surface area contributed by atoms with Gasteiger partial charge < -0.3 is 9.32 Å². The number of fused-ring (bicyclic) bond motifs is 1. The summed E-state index contributed by atoms with van der Waals surface area (Å²) in [5, 5.41) is 0.636. The van der Waals surface area contributed by atoms with E-state index in [0.29, 0.717) is 17.1 Å². The molecule has 4 heteroatoms. The van der Waals surface area contributed by atoms with Crippen molar-refractivity contribution in [2.45, 2.75) is 19.4 Å². The van der Waals surface area contributed by atoms with Crippen molar-refractivity contribution in [2.24, 2.45) is 0 Å². The van der Waals surface area contributed by atoms with Crippen molar-refractivity contribution in [3.05, 3.63) is 82.6 Å². The number of amides is 1. The van der Waals surface area contributed by atoms with E-state index in [0.717, 1.165) is 42.0 Å². The molecule has 0 spiro atoms. The van der Waals surface area contributed by atoms with Gasteiger partial charge in [-0.25, -0.2) is 0 Å². The van der Waals surface area contributed by atoms with Crippen molar-refractivity contribution in [3.8, 4) is 11.3 Å². The van der Waals surface area contributed by atoms with Gasteiger partial charge in [0, 0.05) is 41.2 Å². The predicted octanol–water partition coefficient (Wildman–Crippen LogP) is 5.19. The summed E-state index contributed by atoms with van der Waals surface area (Å²) in [5.74, 6) is 1.89. The highest BCUT2D eigenvalue weighted by Gasteiger charge is 2.23. The van der Waals surface area contributed by atoms with Gasteiger partial charge in [0.15, 0.2) is 0 Å². The van der Waals surface area contributed by atoms with Crippen LogP contribution in [-0.2, 0) is 13.0 Å². The molecular weight excluding hydrogens is 334 g/mol. The third-order valence-corrected chi connectivity index (χ3v) is 4.78. The Morgan fingerprint density at radius 1 is 1.04 bits per heavy atom. The minimum atomic E-state index is 0.0342. The maximum Gasteiger partial charge on any atom is 0.254 e. The van der Waals surface area contributed by atoms with E-state index in [9.17, 15) is 4.79 Å². The Bertz CT molecular complexity index is 884. The molecule has 0 atom stereocenters. The zero-order valence-electron chi connectivity index (χ0n) is 13.7. The summed E-state index contributed by atoms with van der Waals surface area (Å²) in [4.78, 5) is 14.7. The molecule has 3 aromatic rings. The van der Waals surface area contributed by atoms with Crippen molar-refractivity contribution >= 4 is 17.5 Å². The van der Waals surface area contributed by atoms with E-state index in [1.54, 1.807) is 24.3 Å². The molecule has 0 fully saturated rings. The standard InChI is InChI=1S/C21H18ClNO2/c22-18-10-8-16(9-11-18)21(24)23-12-4-7-19-17(14-23)13-20(25-19)15-5-2-1-3-6-15/h1-3,5-6,8-11,13H,4,7,12,14H2. The Labute approximate surface area is 151 Å². The minimum Gasteiger partial charge on any atom is -0.461 e. The zero-order chi connectivity index (χ0) is 17.2. The average molecular weight is 352 g/mol. The molecule has 3 nitrogen and oxygen atoms in total. The first-order valence-corrected chi connectivity index (χ1v) is 8.80. The Morgan fingerprint density at radius 3 is 2.56 bits per heavy atom. The lowest BCUT2D eigenvalue weighted by molar-refractivity contribution is 0.0746. The fraction of sp³-hybridized carbons (Fsp3) is 0.190. The lowest BCUT2D eigenvalue weighted by atomic mass is 10.1. The molecule has 25 heavy (non-hydrogen) atoms. The van der Waals surface area contributed by atoms with E-state index in [2.05, 4.69) is 6.07 Å². The number of hydrogen-bond acceptors (Lipinski definition) is 2. The molecule has 0 saturated carbocycles. The quantitative estimate of drug-likeness (QED) is 0.636. The van der Waals surface area contributed by atoms with E-state index in [1.165, 1.54) is 0 Å². The Balaban J connectivity index is 1.59. The van der Waals surface area contributed by atoms with Gasteiger partial charge in [0.1, 0.15) is 11.5 Å². The van der Waals surface area contributed by atoms with Crippen LogP contribution in [0.15, 0.2) is 65.1 Å². The first-order chi connectivity index (χ1) is 12.2. The normalized spacial score (nSPS) is 14.0. The Kier molecular flexibility index (Phi) is 4.33. The van der Waals surface area contributed by atoms with Crippen molar-refractivity contribution < 1.29 is 9.21 Å². The first kappa shape index (κ1) is 16.0. The molecule has 0 unspecified atom stereocenters. The summed E-state index contributed by atoms with van der Waals surface area (Å²) in [5.41, 5.74) is 2.82. The van der Waals surface area contributed by atoms with Crippen LogP contribution in [0.25, 0.3) is 11.3 Å². The molecule has 1 amide bonds. The molecule has 0 N–H and O–H groups in total. The molecule has 1 aromatic heterocycles. The van der Waals surface area contributed by atoms with E-state index < -0.39 is 0 Å². The highest BCUT2D eigenvalue weighted by molar-refractivity contribution is 6.30. The van der Waals surface area contributed by atoms with Crippen molar-refractivity contribution in [1.29, 1.82) is 0 Å². The van der Waals surface area contributed by atoms with Crippen LogP contribution < -0.4 is 0 Å². The topological polar surface area (TPSA) is 33.5 Å². The smallest absolute Gasteiger partial charge is 0.254 e. The third-order valence-electron chi connectivity index (χ3n) is 4.53. The highest BCUT2D eigenvalue weighted by atomic mass is 35.5. The summed E-state index contributed by atoms with van der Waals surface area (Å²) < 4.78 is 6.07. The minimum absolute atomic E-state index is 0.0342. The van der Waals surface area contributed by atoms with Crippen molar-refractivity contribution in [1.82, 2.24) is 4.90 Å². The summed E-state index contributed by atoms with van der Waals surface area (Å²) in [7, 11) is 0. The monoisotopic (exact) mass is 351 g/mol. The molecule has 2 aromatic carbocycles. The largest absolute Gasteiger partial charge is 0.461 e. The molecular formula is C21H18ClNO2. The van der Waals surface area contributed by atoms with Crippen LogP contribution in [-0.4, -0.2) is 17.4 Å². The van der Waals surface area contributed by atoms with Gasteiger partial charge in [-0.15, -0.1) is 0 Å². The molecule has 1 aliphatic heterocycles. The molecule has 2 heterocycles. The number of furan rings is 1. The number of carbonyl (C=O) groups excluding carboxylic acids is 1. The highest BCUT2D eigenvalue weighted by Crippen LogP contribution is 2.29. The number of nitrogens with zero attached hydrogens (tertiary/aromatic N) is 1. The Morgan fingerprint density at radius 2 is 1.80 bits per heavy atom. The lowest BCUT2D eigenvalue weighted by Gasteiger charge is -2.20. The number of aryl methyl sites for hydroxylation is 1. The Hall–Kier alpha value is -2.52. The van der Waals surface area contributed by atoms with Gasteiger partial charge in [-0.1, -0.05) is 41.9 Å². The SMILES string of the molecule is O=C(c1ccc(Cl)cc1)N1CCCc2oc(-c3ccccc3)cc2C1. The van der Waals surface area contributed by atoms with E-state index in [-0.39, 0.29) is 5.91 Å². The van der Waals surface area contributed by atoms with Gasteiger partial charge in [0.05, 0.1) is 0 Å². The molecule has 126 valence electrons. The lowest BCUT2D eigenvalue weighted by Crippen LogP contribution is -2.30. The second-order valence-electron chi connectivity index (χ2n) is 6.26. The van der Waals surface area contributed by atoms with Crippen LogP contribution in [0.5, 0.6) is 0 Å². The van der Waals surface area contributed by atoms with E-state index in [4.69, 9.17) is 16.0 Å². The number of hydrogen-bond donors (Lipinski definition) is 0. The van der Waals surface area contributed by atoms with Gasteiger partial charge in [-0.05, 0) is 36.8 Å². The van der Waals surface area contributed by atoms with Gasteiger partial charge in [-0.3, -0.25) is 4.79 Å². The summed E-state index contributed by atoms with van der Waals surface area (Å²) >= 11 is 5.92. The average Bonchev–Trinajstić information content (AvgIpc) is 2.94. The molecule has 0 saturated heterocycles. The number of carbonyl (C=O) groups is 1. The van der Waals surface area contributed by atoms with Crippen molar-refractivity contribution in [2.75, 3.05) is 6.54 Å². The zero-order valence-corrected chi connectivity index (χ0v) is 14.5. The fourth-order valence-corrected chi connectivity index (χ4v) is 3.35. The van der Waals surface area contributed by atoms with Crippen molar-refractivity contribution in [3.63, 3.8) is 0 Å². The summed E-state index contributed by atoms with van der Waals surface area (Å²) in [6.07, 6.45) is 1.75. The van der Waals surface area contributed by atoms with Gasteiger partial charge >= 0.3 is 0 Å². The summed E-state index contributed by atoms with van der Waals surface area (Å²) in [6, 6.07) is 19.2. The molecule has 4 rings (SSSR count). The van der Waals surface area contributed by atoms with Gasteiger partial charge in [0.2, 0.25) is 0 Å². The maximum atomic E-state index is 12.8. The van der Waals surface area contributed by atoms with Crippen LogP contribution in [0, 0.1) is 0 Å². The second kappa shape index (κ2) is 6.77. The molecule has 0 aliphatic carbocycles. The summed E-state index contributed by atoms with van der Waals surface area (Å²) in [6.45, 7) is 1.31. The fourth-order valence-electron chi connectivity index (χ4n) is 3.22. The number of benzene rings is 2. The van der Waals surface area contributed by atoms with Crippen LogP contribution in [0.3, 0.4) is 0 Å². The van der Waals surface area contributed by atoms with Gasteiger partial charge in [0.25, 0.3) is 5.91 Å². The van der Waals surface area contributed by atoms with E-state index in [1.807, 2.05) is 35.2 Å². The van der Waals surface area contributed by atoms with E-state index >= 15 is 0 Å². The molecule has 1 aliphatic rings. The van der Waals surface area contributed by atoms with Crippen LogP contribution in [0.4, 0.5) is 0 Å². The molecule has 0 radical (unpaired) electrons. The first-order valence-electron chi connectivity index (χ1n) is 8.42. The maximum absolute atomic E-state index is 12.8. The second-order valence-corrected chi connectivity index (χ2v) is 6.70. The van der Waals surface area contributed by atoms with Crippen LogP contribution in [0.2, 0.25) is 5.02 Å². The van der Waals surface area contributed by atoms with Crippen LogP contribution >= 0.6 is 11.6 Å². The number of halogens is 1. The predicted molar refractivity (Wildman–Crippen MR) is 98.7 cm³/mol. The number of rotatable bonds is 2. The van der Waals surface area contributed by atoms with Gasteiger partial charge in [-0.2, -0.15) is 0 Å². The third kappa shape index (κ3) is 3.33.